The van der Waals surface area contributed by atoms with Gasteiger partial charge in [0.1, 0.15) is 0 Å². The molecule has 0 unspecified atom stereocenters. The van der Waals surface area contributed by atoms with Crippen molar-refractivity contribution < 1.29 is 0 Å². The molecule has 87 heavy (non-hydrogen) atoms. The SMILES string of the molecule is N#Cc1ccc(-n2c3ccccc3c3ccccc32)c(-c2cccc(N(c3cc(-c4cc(-n5c6ccccc6c6ccccc65)ccc4C#N)cc(N(c4cccc(Cl)c4)c4ccccc4-c4ccccc4)c3)c3ccccc3-c3ccccc3)c2)c1. The van der Waals surface area contributed by atoms with Crippen LogP contribution in [0.25, 0.3) is 99.5 Å². The molecule has 2 aromatic heterocycles. The number of nitriles is 2. The lowest BCUT2D eigenvalue weighted by molar-refractivity contribution is 1.18. The number of benzene rings is 13. The molecule has 0 spiro atoms. The highest BCUT2D eigenvalue weighted by molar-refractivity contribution is 6.31. The van der Waals surface area contributed by atoms with Gasteiger partial charge in [0.05, 0.1) is 62.4 Å². The third kappa shape index (κ3) is 9.31. The highest BCUT2D eigenvalue weighted by atomic mass is 35.5. The number of rotatable bonds is 12. The van der Waals surface area contributed by atoms with Gasteiger partial charge in [-0.1, -0.05) is 200 Å². The van der Waals surface area contributed by atoms with E-state index in [4.69, 9.17) is 11.6 Å². The number of anilines is 6. The first kappa shape index (κ1) is 52.2. The van der Waals surface area contributed by atoms with Crippen LogP contribution in [-0.4, -0.2) is 9.13 Å². The van der Waals surface area contributed by atoms with Crippen LogP contribution in [0.2, 0.25) is 5.02 Å². The summed E-state index contributed by atoms with van der Waals surface area (Å²) in [6.45, 7) is 0. The lowest BCUT2D eigenvalue weighted by Gasteiger charge is -2.32. The molecule has 408 valence electrons. The summed E-state index contributed by atoms with van der Waals surface area (Å²) in [6.07, 6.45) is 0. The summed E-state index contributed by atoms with van der Waals surface area (Å²) in [5.41, 5.74) is 20.0. The van der Waals surface area contributed by atoms with E-state index >= 15 is 0 Å². The van der Waals surface area contributed by atoms with Crippen LogP contribution in [0.1, 0.15) is 11.1 Å². The quantitative estimate of drug-likeness (QED) is 0.122. The lowest BCUT2D eigenvalue weighted by Crippen LogP contribution is -2.15. The van der Waals surface area contributed by atoms with Crippen LogP contribution in [0.15, 0.2) is 309 Å². The van der Waals surface area contributed by atoms with E-state index in [-0.39, 0.29) is 0 Å². The van der Waals surface area contributed by atoms with E-state index in [9.17, 15) is 10.5 Å². The molecule has 0 atom stereocenters. The average Bonchev–Trinajstić information content (AvgIpc) is 1.99. The second-order valence-corrected chi connectivity index (χ2v) is 22.1. The van der Waals surface area contributed by atoms with E-state index in [1.165, 1.54) is 0 Å². The average molecular weight is 1130 g/mol. The molecule has 7 heteroatoms. The Bertz CT molecular complexity index is 5130. The molecule has 6 nitrogen and oxygen atoms in total. The van der Waals surface area contributed by atoms with Gasteiger partial charge in [-0.2, -0.15) is 10.5 Å². The zero-order chi connectivity index (χ0) is 58.4. The third-order valence-corrected chi connectivity index (χ3v) is 16.8. The number of aromatic nitrogens is 2. The molecule has 0 aliphatic rings. The molecule has 15 aromatic rings. The Morgan fingerprint density at radius 3 is 1.29 bits per heavy atom. The molecule has 0 amide bonds. The van der Waals surface area contributed by atoms with Crippen molar-refractivity contribution in [2.24, 2.45) is 0 Å². The monoisotopic (exact) mass is 1130 g/mol. The van der Waals surface area contributed by atoms with Crippen molar-refractivity contribution in [1.29, 1.82) is 10.5 Å². The maximum atomic E-state index is 11.3. The van der Waals surface area contributed by atoms with Crippen molar-refractivity contribution in [3.8, 4) is 68.0 Å². The minimum atomic E-state index is 0.523. The fraction of sp³-hybridized carbons (Fsp3) is 0. The number of nitrogens with zero attached hydrogens (tertiary/aromatic N) is 6. The molecule has 0 bridgehead atoms. The predicted molar refractivity (Wildman–Crippen MR) is 361 cm³/mol. The summed E-state index contributed by atoms with van der Waals surface area (Å²) in [5.74, 6) is 0. The fourth-order valence-electron chi connectivity index (χ4n) is 12.8. The minimum absolute atomic E-state index is 0.523. The summed E-state index contributed by atoms with van der Waals surface area (Å²) >= 11 is 7.05. The van der Waals surface area contributed by atoms with Crippen LogP contribution in [0, 0.1) is 22.7 Å². The molecule has 0 saturated carbocycles. The highest BCUT2D eigenvalue weighted by Crippen LogP contribution is 2.49. The molecule has 0 saturated heterocycles. The van der Waals surface area contributed by atoms with Gasteiger partial charge in [0, 0.05) is 77.3 Å². The van der Waals surface area contributed by atoms with Crippen LogP contribution >= 0.6 is 11.6 Å². The van der Waals surface area contributed by atoms with Gasteiger partial charge in [-0.05, 0) is 144 Å². The maximum Gasteiger partial charge on any atom is 0.0998 e. The van der Waals surface area contributed by atoms with Gasteiger partial charge < -0.3 is 18.9 Å². The number of para-hydroxylation sites is 6. The van der Waals surface area contributed by atoms with Crippen LogP contribution < -0.4 is 9.80 Å². The molecule has 2 heterocycles. The normalized spacial score (nSPS) is 11.3. The molecule has 0 radical (unpaired) electrons. The predicted octanol–water partition coefficient (Wildman–Crippen LogP) is 21.9. The zero-order valence-electron chi connectivity index (χ0n) is 47.0. The van der Waals surface area contributed by atoms with Crippen molar-refractivity contribution >= 4 is 89.3 Å². The summed E-state index contributed by atoms with van der Waals surface area (Å²) in [7, 11) is 0. The molecule has 0 aliphatic carbocycles. The molecule has 0 fully saturated rings. The molecular weight excluding hydrogens is 1080 g/mol. The van der Waals surface area contributed by atoms with E-state index in [2.05, 4.69) is 292 Å². The van der Waals surface area contributed by atoms with Gasteiger partial charge in [0.15, 0.2) is 0 Å². The Kier molecular flexibility index (Phi) is 13.3. The second-order valence-electron chi connectivity index (χ2n) is 21.6. The first-order valence-electron chi connectivity index (χ1n) is 29.0. The molecule has 13 aromatic carbocycles. The lowest BCUT2D eigenvalue weighted by atomic mass is 9.95. The summed E-state index contributed by atoms with van der Waals surface area (Å²) < 4.78 is 4.63. The van der Waals surface area contributed by atoms with Gasteiger partial charge in [0.2, 0.25) is 0 Å². The summed E-state index contributed by atoms with van der Waals surface area (Å²) in [4.78, 5) is 4.63. The Morgan fingerprint density at radius 1 is 0.299 bits per heavy atom. The zero-order valence-corrected chi connectivity index (χ0v) is 47.8. The van der Waals surface area contributed by atoms with E-state index in [0.717, 1.165) is 134 Å². The van der Waals surface area contributed by atoms with Gasteiger partial charge >= 0.3 is 0 Å². The molecule has 15 rings (SSSR count). The number of fused-ring (bicyclic) bond motifs is 6. The summed E-state index contributed by atoms with van der Waals surface area (Å²) in [6, 6.07) is 113. The minimum Gasteiger partial charge on any atom is -0.310 e. The van der Waals surface area contributed by atoms with Crippen molar-refractivity contribution in [3.63, 3.8) is 0 Å². The van der Waals surface area contributed by atoms with E-state index in [0.29, 0.717) is 16.1 Å². The van der Waals surface area contributed by atoms with Crippen LogP contribution in [0.5, 0.6) is 0 Å². The Morgan fingerprint density at radius 2 is 0.759 bits per heavy atom. The van der Waals surface area contributed by atoms with Crippen molar-refractivity contribution in [2.75, 3.05) is 9.80 Å². The Hall–Kier alpha value is -11.7. The second kappa shape index (κ2) is 22.2. The molecular formula is C80H51ClN6. The first-order valence-corrected chi connectivity index (χ1v) is 29.3. The van der Waals surface area contributed by atoms with Gasteiger partial charge in [0.25, 0.3) is 0 Å². The third-order valence-electron chi connectivity index (χ3n) is 16.6. The first-order chi connectivity index (χ1) is 43.0. The van der Waals surface area contributed by atoms with Gasteiger partial charge in [-0.15, -0.1) is 0 Å². The highest BCUT2D eigenvalue weighted by Gasteiger charge is 2.26. The summed E-state index contributed by atoms with van der Waals surface area (Å²) in [5, 5.41) is 27.1. The largest absolute Gasteiger partial charge is 0.310 e. The van der Waals surface area contributed by atoms with Gasteiger partial charge in [-0.25, -0.2) is 0 Å². The van der Waals surface area contributed by atoms with Crippen molar-refractivity contribution in [2.45, 2.75) is 0 Å². The topological polar surface area (TPSA) is 63.9 Å². The van der Waals surface area contributed by atoms with Crippen LogP contribution in [0.3, 0.4) is 0 Å². The Labute approximate surface area is 509 Å². The standard InChI is InChI=1S/C80H51ClN6/c81-60-26-20-28-62(49-60)85(75-36-14-8-30-67(75)56-23-5-2-6-24-56)65-48-59(72-51-63(43-42-58(72)53-83)86-76-37-15-9-31-68(76)69-32-10-16-38-77(69)86)47-64(50-65)84(74-35-13-7-29-66(74)55-21-3-1-4-22-55)61-27-19-25-57(46-61)73-45-54(52-82)41-44-80(73)87-78-39-17-11-33-70(78)71-34-12-18-40-79(71)87/h1-51H. The van der Waals surface area contributed by atoms with Crippen LogP contribution in [0.4, 0.5) is 34.1 Å². The van der Waals surface area contributed by atoms with Crippen LogP contribution in [-0.2, 0) is 0 Å². The van der Waals surface area contributed by atoms with Gasteiger partial charge in [-0.3, -0.25) is 0 Å². The number of halogens is 1. The van der Waals surface area contributed by atoms with Crippen molar-refractivity contribution in [1.82, 2.24) is 9.13 Å². The number of hydrogen-bond donors (Lipinski definition) is 0. The molecule has 0 aliphatic heterocycles. The maximum absolute atomic E-state index is 11.3. The fourth-order valence-corrected chi connectivity index (χ4v) is 13.0. The van der Waals surface area contributed by atoms with E-state index in [1.807, 2.05) is 48.5 Å². The number of hydrogen-bond acceptors (Lipinski definition) is 4. The van der Waals surface area contributed by atoms with Crippen molar-refractivity contribution in [3.05, 3.63) is 326 Å². The van der Waals surface area contributed by atoms with E-state index in [1.54, 1.807) is 0 Å². The smallest absolute Gasteiger partial charge is 0.0998 e. The van der Waals surface area contributed by atoms with E-state index < -0.39 is 0 Å². The Balaban J connectivity index is 1.03. The molecule has 0 N–H and O–H groups in total.